The van der Waals surface area contributed by atoms with Gasteiger partial charge in [-0.15, -0.1) is 0 Å². The van der Waals surface area contributed by atoms with E-state index in [1.165, 1.54) is 41.0 Å². The van der Waals surface area contributed by atoms with Crippen LogP contribution in [0, 0.1) is 12.5 Å². The molecule has 18 nitrogen and oxygen atoms in total. The Bertz CT molecular complexity index is 3050. The van der Waals surface area contributed by atoms with Crippen molar-refractivity contribution in [1.29, 1.82) is 0 Å². The molecule has 1 aliphatic carbocycles. The Balaban J connectivity index is 0.00000302. The number of nitrogens with one attached hydrogen (secondary N) is 3. The molecule has 0 atom stereocenters. The number of hydrogen-bond acceptors (Lipinski definition) is 17. The molecule has 294 valence electrons. The summed E-state index contributed by atoms with van der Waals surface area (Å²) in [5.74, 6) is -0.623. The number of ketones is 1. The predicted octanol–water partition coefficient (Wildman–Crippen LogP) is -2.21. The van der Waals surface area contributed by atoms with E-state index in [1.807, 2.05) is 6.11 Å². The van der Waals surface area contributed by atoms with E-state index < -0.39 is 30.0 Å². The second-order valence-electron chi connectivity index (χ2n) is 13.0. The van der Waals surface area contributed by atoms with E-state index in [0.717, 1.165) is 12.1 Å². The number of ether oxygens (including phenoxy) is 2. The summed E-state index contributed by atoms with van der Waals surface area (Å²) in [7, 11) is -8.58. The molecule has 0 radical (unpaired) electrons. The number of terminal acetylenes is 1. The van der Waals surface area contributed by atoms with Crippen LogP contribution in [0.5, 0.6) is 5.75 Å². The molecule has 1 fully saturated rings. The van der Waals surface area contributed by atoms with Gasteiger partial charge in [-0.25, -0.2) is 16.8 Å². The minimum absolute atomic E-state index is 0. The molecular formula is C38H28N8Na2O10S2. The zero-order valence-electron chi connectivity index (χ0n) is 32.0. The van der Waals surface area contributed by atoms with Gasteiger partial charge in [-0.3, -0.25) is 9.59 Å². The zero-order chi connectivity index (χ0) is 40.9. The fourth-order valence-corrected chi connectivity index (χ4v) is 8.06. The minimum atomic E-state index is -5.09. The van der Waals surface area contributed by atoms with Gasteiger partial charge >= 0.3 is 59.1 Å². The number of nitrogens with zero attached hydrogens (tertiary/aromatic N) is 5. The monoisotopic (exact) mass is 866 g/mol. The first-order valence-electron chi connectivity index (χ1n) is 17.2. The number of aryl methyl sites for hydroxylation is 1. The summed E-state index contributed by atoms with van der Waals surface area (Å²) in [5.41, 5.74) is 1.69. The van der Waals surface area contributed by atoms with Gasteiger partial charge in [0.15, 0.2) is 5.78 Å². The SMILES string of the molecule is C#COc1ccc(Nc2nc(Nc3ccc(S(=O)(=O)[O-])c(Nc4ccc5c6c(cc(=O)n5C)-c5ccccc5C(=O)c46)c3)nc(N3CCOCC3)n2)c(S(=O)(=O)[O-])c1.[Na+].[Na+]. The van der Waals surface area contributed by atoms with Crippen molar-refractivity contribution in [3.05, 3.63) is 100 Å². The summed E-state index contributed by atoms with van der Waals surface area (Å²) in [4.78, 5) is 40.8. The molecule has 0 saturated carbocycles. The molecular weight excluding hydrogens is 839 g/mol. The van der Waals surface area contributed by atoms with Crippen molar-refractivity contribution in [1.82, 2.24) is 19.5 Å². The van der Waals surface area contributed by atoms with Gasteiger partial charge in [0, 0.05) is 48.9 Å². The van der Waals surface area contributed by atoms with Gasteiger partial charge in [-0.05, 0) is 53.6 Å². The van der Waals surface area contributed by atoms with Gasteiger partial charge in [0.2, 0.25) is 17.8 Å². The molecule has 3 heterocycles. The largest absolute Gasteiger partial charge is 1.00 e. The minimum Gasteiger partial charge on any atom is -0.744 e. The normalized spacial score (nSPS) is 13.3. The maximum Gasteiger partial charge on any atom is 1.00 e. The van der Waals surface area contributed by atoms with Crippen molar-refractivity contribution in [2.24, 2.45) is 7.05 Å². The second-order valence-corrected chi connectivity index (χ2v) is 15.7. The number of carbonyl (C=O) groups is 1. The summed E-state index contributed by atoms with van der Waals surface area (Å²) >= 11 is 0. The van der Waals surface area contributed by atoms with Crippen molar-refractivity contribution in [3.63, 3.8) is 0 Å². The van der Waals surface area contributed by atoms with Gasteiger partial charge in [-0.1, -0.05) is 30.7 Å². The number of rotatable bonds is 10. The number of fused-ring (bicyclic) bond motifs is 2. The van der Waals surface area contributed by atoms with Crippen LogP contribution in [-0.2, 0) is 32.0 Å². The van der Waals surface area contributed by atoms with Crippen molar-refractivity contribution < 1.29 is 99.3 Å². The molecule has 3 N–H and O–H groups in total. The average molecular weight is 867 g/mol. The van der Waals surface area contributed by atoms with Crippen LogP contribution in [0.4, 0.5) is 40.6 Å². The molecule has 4 aromatic carbocycles. The molecule has 6 aromatic rings. The van der Waals surface area contributed by atoms with Crippen LogP contribution in [0.15, 0.2) is 93.4 Å². The molecule has 1 aliphatic heterocycles. The molecule has 0 unspecified atom stereocenters. The van der Waals surface area contributed by atoms with E-state index in [-0.39, 0.29) is 122 Å². The van der Waals surface area contributed by atoms with Crippen LogP contribution in [0.3, 0.4) is 0 Å². The molecule has 0 bridgehead atoms. The molecule has 22 heteroatoms. The number of anilines is 7. The smallest absolute Gasteiger partial charge is 0.744 e. The van der Waals surface area contributed by atoms with Crippen LogP contribution < -0.4 is 90.3 Å². The van der Waals surface area contributed by atoms with E-state index in [1.54, 1.807) is 42.3 Å². The molecule has 60 heavy (non-hydrogen) atoms. The van der Waals surface area contributed by atoms with Gasteiger partial charge in [0.25, 0.3) is 5.56 Å². The standard InChI is InChI=1S/C38H30N8O10S2.2Na/c1-3-56-22-9-10-26(31(19-22)58(52,53)54)41-37-42-36(43-38(44-37)46-14-16-55-17-15-46)39-21-8-13-30(57(49,50)51)28(18-21)40-27-11-12-29-33-25(20-32(47)45(29)2)23-6-4-5-7-24(23)35(48)34(27)33;;/h1,4-13,18-20,40H,14-17H2,2H3,(H,49,50,51)(H,52,53,54)(H2,39,41,42,43,44);;/q;2*+1/p-2. The first-order chi connectivity index (χ1) is 27.7. The van der Waals surface area contributed by atoms with Crippen LogP contribution in [0.1, 0.15) is 15.9 Å². The van der Waals surface area contributed by atoms with Gasteiger partial charge < -0.3 is 44.0 Å². The van der Waals surface area contributed by atoms with E-state index in [2.05, 4.69) is 30.9 Å². The van der Waals surface area contributed by atoms with Crippen molar-refractivity contribution in [3.8, 4) is 29.4 Å². The molecule has 2 aromatic heterocycles. The Kier molecular flexibility index (Phi) is 13.1. The third kappa shape index (κ3) is 8.79. The number of pyridine rings is 1. The molecule has 8 rings (SSSR count). The van der Waals surface area contributed by atoms with Gasteiger partial charge in [-0.2, -0.15) is 15.0 Å². The summed E-state index contributed by atoms with van der Waals surface area (Å²) in [6, 6.07) is 18.6. The molecule has 0 amide bonds. The maximum absolute atomic E-state index is 14.1. The fourth-order valence-electron chi connectivity index (χ4n) is 6.80. The first kappa shape index (κ1) is 44.7. The van der Waals surface area contributed by atoms with Crippen LogP contribution in [0.2, 0.25) is 0 Å². The maximum atomic E-state index is 14.1. The Morgan fingerprint density at radius 2 is 1.42 bits per heavy atom. The third-order valence-electron chi connectivity index (χ3n) is 9.44. The second kappa shape index (κ2) is 17.6. The zero-order valence-corrected chi connectivity index (χ0v) is 37.7. The number of carbonyl (C=O) groups excluding carboxylic acids is 1. The van der Waals surface area contributed by atoms with Crippen molar-refractivity contribution in [2.75, 3.05) is 47.2 Å². The molecule has 1 saturated heterocycles. The Labute approximate surface area is 386 Å². The Morgan fingerprint density at radius 1 is 0.750 bits per heavy atom. The van der Waals surface area contributed by atoms with Gasteiger partial charge in [0.05, 0.1) is 51.1 Å². The Hall–Kier alpha value is -4.89. The number of morpholine rings is 1. The average Bonchev–Trinajstić information content (AvgIpc) is 3.19. The van der Waals surface area contributed by atoms with Crippen LogP contribution in [0.25, 0.3) is 22.0 Å². The van der Waals surface area contributed by atoms with Gasteiger partial charge in [0.1, 0.15) is 32.1 Å². The number of aromatic nitrogens is 4. The summed E-state index contributed by atoms with van der Waals surface area (Å²) in [5, 5.41) is 9.18. The van der Waals surface area contributed by atoms with E-state index in [9.17, 15) is 35.5 Å². The summed E-state index contributed by atoms with van der Waals surface area (Å²) in [6.07, 6.45) is 7.07. The van der Waals surface area contributed by atoms with E-state index in [0.29, 0.717) is 53.9 Å². The van der Waals surface area contributed by atoms with Crippen molar-refractivity contribution in [2.45, 2.75) is 9.79 Å². The summed E-state index contributed by atoms with van der Waals surface area (Å²) in [6.45, 7) is 1.49. The fraction of sp³-hybridized carbons (Fsp3) is 0.132. The quantitative estimate of drug-likeness (QED) is 0.0749. The number of hydrogen-bond donors (Lipinski definition) is 3. The van der Waals surface area contributed by atoms with E-state index >= 15 is 0 Å². The predicted molar refractivity (Wildman–Crippen MR) is 209 cm³/mol. The number of benzene rings is 4. The van der Waals surface area contributed by atoms with E-state index in [4.69, 9.17) is 15.9 Å². The third-order valence-corrected chi connectivity index (χ3v) is 11.2. The van der Waals surface area contributed by atoms with Crippen LogP contribution in [-0.4, -0.2) is 77.5 Å². The molecule has 2 aliphatic rings. The first-order valence-corrected chi connectivity index (χ1v) is 20.0. The van der Waals surface area contributed by atoms with Crippen LogP contribution >= 0.6 is 0 Å². The van der Waals surface area contributed by atoms with Crippen molar-refractivity contribution >= 4 is 77.5 Å². The molecule has 0 spiro atoms. The summed E-state index contributed by atoms with van der Waals surface area (Å²) < 4.78 is 86.2. The topological polar surface area (TPSA) is 250 Å². The Morgan fingerprint density at radius 3 is 2.10 bits per heavy atom.